The van der Waals surface area contributed by atoms with Crippen LogP contribution in [0, 0.1) is 0 Å². The maximum absolute atomic E-state index is 3.64. The molecule has 1 aliphatic carbocycles. The van der Waals surface area contributed by atoms with E-state index in [0.717, 1.165) is 24.7 Å². The Kier molecular flexibility index (Phi) is 5.62. The topological polar surface area (TPSA) is 15.3 Å². The van der Waals surface area contributed by atoms with Crippen LogP contribution >= 0.6 is 0 Å². The van der Waals surface area contributed by atoms with Gasteiger partial charge < -0.3 is 5.32 Å². The fourth-order valence-corrected chi connectivity index (χ4v) is 3.06. The molecule has 1 N–H and O–H groups in total. The van der Waals surface area contributed by atoms with E-state index < -0.39 is 0 Å². The van der Waals surface area contributed by atoms with Crippen molar-refractivity contribution >= 4 is 0 Å². The van der Waals surface area contributed by atoms with Gasteiger partial charge in [-0.2, -0.15) is 0 Å². The Labute approximate surface area is 95.4 Å². The van der Waals surface area contributed by atoms with E-state index in [4.69, 9.17) is 0 Å². The molecule has 1 fully saturated rings. The van der Waals surface area contributed by atoms with Crippen LogP contribution in [-0.2, 0) is 0 Å². The van der Waals surface area contributed by atoms with Crippen LogP contribution in [0.15, 0.2) is 0 Å². The zero-order chi connectivity index (χ0) is 11.3. The smallest absolute Gasteiger partial charge is 0.0249 e. The fraction of sp³-hybridized carbons (Fsp3) is 1.00. The average molecular weight is 212 g/mol. The van der Waals surface area contributed by atoms with Crippen molar-refractivity contribution in [3.63, 3.8) is 0 Å². The lowest BCUT2D eigenvalue weighted by molar-refractivity contribution is 0.144. The molecule has 0 aliphatic heterocycles. The minimum Gasteiger partial charge on any atom is -0.313 e. The van der Waals surface area contributed by atoms with Gasteiger partial charge in [0.2, 0.25) is 0 Å². The van der Waals surface area contributed by atoms with Crippen LogP contribution in [0.1, 0.15) is 52.9 Å². The first-order valence-corrected chi connectivity index (χ1v) is 6.69. The van der Waals surface area contributed by atoms with Crippen molar-refractivity contribution in [2.45, 2.75) is 71.0 Å². The van der Waals surface area contributed by atoms with Crippen LogP contribution in [0.25, 0.3) is 0 Å². The molecule has 0 spiro atoms. The van der Waals surface area contributed by atoms with Gasteiger partial charge in [0.1, 0.15) is 0 Å². The normalized spacial score (nSPS) is 26.8. The molecule has 1 rings (SSSR count). The third-order valence-corrected chi connectivity index (χ3v) is 3.99. The minimum atomic E-state index is 0.737. The second-order valence-electron chi connectivity index (χ2n) is 4.80. The second kappa shape index (κ2) is 6.49. The number of nitrogens with zero attached hydrogens (tertiary/aromatic N) is 1. The molecule has 2 unspecified atom stereocenters. The molecule has 0 saturated heterocycles. The Balaban J connectivity index is 2.52. The second-order valence-corrected chi connectivity index (χ2v) is 4.80. The summed E-state index contributed by atoms with van der Waals surface area (Å²) >= 11 is 0. The van der Waals surface area contributed by atoms with Gasteiger partial charge in [-0.3, -0.25) is 4.90 Å². The Morgan fingerprint density at radius 1 is 1.20 bits per heavy atom. The number of hydrogen-bond donors (Lipinski definition) is 1. The summed E-state index contributed by atoms with van der Waals surface area (Å²) in [5.74, 6) is 0. The average Bonchev–Trinajstić information content (AvgIpc) is 2.68. The molecule has 1 saturated carbocycles. The summed E-state index contributed by atoms with van der Waals surface area (Å²) in [5.41, 5.74) is 0. The highest BCUT2D eigenvalue weighted by atomic mass is 15.2. The third kappa shape index (κ3) is 3.18. The summed E-state index contributed by atoms with van der Waals surface area (Å²) in [6.45, 7) is 7.94. The minimum absolute atomic E-state index is 0.737. The molecule has 2 nitrogen and oxygen atoms in total. The van der Waals surface area contributed by atoms with Gasteiger partial charge in [0.15, 0.2) is 0 Å². The van der Waals surface area contributed by atoms with E-state index in [9.17, 15) is 0 Å². The van der Waals surface area contributed by atoms with Crippen molar-refractivity contribution in [3.05, 3.63) is 0 Å². The number of hydrogen-bond acceptors (Lipinski definition) is 2. The van der Waals surface area contributed by atoms with E-state index >= 15 is 0 Å². The number of likely N-dealkylation sites (N-methyl/N-ethyl adjacent to an activating group) is 2. The fourth-order valence-electron chi connectivity index (χ4n) is 3.06. The summed E-state index contributed by atoms with van der Waals surface area (Å²) in [6.07, 6.45) is 6.70. The van der Waals surface area contributed by atoms with Crippen molar-refractivity contribution in [3.8, 4) is 0 Å². The maximum atomic E-state index is 3.64. The lowest BCUT2D eigenvalue weighted by Gasteiger charge is -2.35. The van der Waals surface area contributed by atoms with E-state index in [0.29, 0.717) is 0 Å². The molecule has 0 aromatic heterocycles. The lowest BCUT2D eigenvalue weighted by Crippen LogP contribution is -2.48. The Bertz CT molecular complexity index is 166. The summed E-state index contributed by atoms with van der Waals surface area (Å²) < 4.78 is 0. The van der Waals surface area contributed by atoms with Gasteiger partial charge in [0.05, 0.1) is 0 Å². The highest BCUT2D eigenvalue weighted by Gasteiger charge is 2.31. The summed E-state index contributed by atoms with van der Waals surface area (Å²) in [6, 6.07) is 2.28. The largest absolute Gasteiger partial charge is 0.313 e. The van der Waals surface area contributed by atoms with Gasteiger partial charge in [0.25, 0.3) is 0 Å². The van der Waals surface area contributed by atoms with E-state index in [2.05, 4.69) is 38.0 Å². The van der Waals surface area contributed by atoms with Gasteiger partial charge in [-0.1, -0.05) is 27.2 Å². The predicted molar refractivity (Wildman–Crippen MR) is 67.2 cm³/mol. The lowest BCUT2D eigenvalue weighted by atomic mass is 10.0. The molecule has 0 aromatic rings. The first-order chi connectivity index (χ1) is 7.24. The molecule has 0 heterocycles. The molecule has 0 radical (unpaired) electrons. The van der Waals surface area contributed by atoms with Gasteiger partial charge in [-0.25, -0.2) is 0 Å². The quantitative estimate of drug-likeness (QED) is 0.728. The highest BCUT2D eigenvalue weighted by molar-refractivity contribution is 4.90. The molecular formula is C13H28N2. The molecule has 2 atom stereocenters. The third-order valence-electron chi connectivity index (χ3n) is 3.99. The number of nitrogens with one attached hydrogen (secondary N) is 1. The summed E-state index contributed by atoms with van der Waals surface area (Å²) in [4.78, 5) is 2.63. The van der Waals surface area contributed by atoms with E-state index in [1.807, 2.05) is 0 Å². The Morgan fingerprint density at radius 3 is 2.40 bits per heavy atom. The predicted octanol–water partition coefficient (Wildman–Crippen LogP) is 2.64. The molecule has 0 bridgehead atoms. The molecule has 2 heteroatoms. The van der Waals surface area contributed by atoms with Gasteiger partial charge in [0, 0.05) is 18.1 Å². The van der Waals surface area contributed by atoms with Crippen LogP contribution in [0.2, 0.25) is 0 Å². The number of rotatable bonds is 6. The standard InChI is InChI=1S/C13H28N2/c1-5-11(6-2)15(4)13-10-8-9-12(13)14-7-3/h11-14H,5-10H2,1-4H3. The molecule has 15 heavy (non-hydrogen) atoms. The first-order valence-electron chi connectivity index (χ1n) is 6.69. The van der Waals surface area contributed by atoms with Crippen LogP contribution in [0.4, 0.5) is 0 Å². The maximum Gasteiger partial charge on any atom is 0.0249 e. The van der Waals surface area contributed by atoms with Crippen molar-refractivity contribution in [1.29, 1.82) is 0 Å². The van der Waals surface area contributed by atoms with E-state index in [1.54, 1.807) is 0 Å². The zero-order valence-electron chi connectivity index (χ0n) is 10.9. The van der Waals surface area contributed by atoms with Gasteiger partial charge in [-0.05, 0) is 39.3 Å². The van der Waals surface area contributed by atoms with Crippen molar-refractivity contribution in [1.82, 2.24) is 10.2 Å². The summed E-state index contributed by atoms with van der Waals surface area (Å²) in [5, 5.41) is 3.64. The summed E-state index contributed by atoms with van der Waals surface area (Å²) in [7, 11) is 2.32. The molecule has 1 aliphatic rings. The van der Waals surface area contributed by atoms with E-state index in [-0.39, 0.29) is 0 Å². The van der Waals surface area contributed by atoms with Crippen molar-refractivity contribution in [2.75, 3.05) is 13.6 Å². The van der Waals surface area contributed by atoms with Crippen LogP contribution in [0.3, 0.4) is 0 Å². The van der Waals surface area contributed by atoms with Gasteiger partial charge >= 0.3 is 0 Å². The first kappa shape index (κ1) is 13.0. The monoisotopic (exact) mass is 212 g/mol. The molecule has 0 amide bonds. The van der Waals surface area contributed by atoms with Crippen LogP contribution < -0.4 is 5.32 Å². The highest BCUT2D eigenvalue weighted by Crippen LogP contribution is 2.26. The van der Waals surface area contributed by atoms with Gasteiger partial charge in [-0.15, -0.1) is 0 Å². The zero-order valence-corrected chi connectivity index (χ0v) is 10.9. The Hall–Kier alpha value is -0.0800. The SMILES string of the molecule is CCNC1CCCC1N(C)C(CC)CC. The van der Waals surface area contributed by atoms with E-state index in [1.165, 1.54) is 32.1 Å². The molecule has 90 valence electrons. The molecule has 0 aromatic carbocycles. The van der Waals surface area contributed by atoms with Crippen LogP contribution in [0.5, 0.6) is 0 Å². The van der Waals surface area contributed by atoms with Crippen molar-refractivity contribution in [2.24, 2.45) is 0 Å². The van der Waals surface area contributed by atoms with Crippen molar-refractivity contribution < 1.29 is 0 Å². The Morgan fingerprint density at radius 2 is 1.87 bits per heavy atom. The molecular weight excluding hydrogens is 184 g/mol. The van der Waals surface area contributed by atoms with Crippen LogP contribution in [-0.4, -0.2) is 36.6 Å².